The summed E-state index contributed by atoms with van der Waals surface area (Å²) in [6.07, 6.45) is 2.72. The number of piperidine rings is 1. The van der Waals surface area contributed by atoms with Crippen molar-refractivity contribution in [2.45, 2.75) is 25.3 Å². The van der Waals surface area contributed by atoms with Crippen molar-refractivity contribution in [3.63, 3.8) is 0 Å². The minimum absolute atomic E-state index is 0.0586. The molecule has 1 atom stereocenters. The predicted molar refractivity (Wildman–Crippen MR) is 74.0 cm³/mol. The van der Waals surface area contributed by atoms with Gasteiger partial charge >= 0.3 is 0 Å². The van der Waals surface area contributed by atoms with Gasteiger partial charge in [-0.1, -0.05) is 18.6 Å². The highest BCUT2D eigenvalue weighted by Gasteiger charge is 2.29. The van der Waals surface area contributed by atoms with Crippen LogP contribution in [0.15, 0.2) is 24.3 Å². The number of ketones is 1. The Kier molecular flexibility index (Phi) is 4.84. The van der Waals surface area contributed by atoms with Crippen LogP contribution in [-0.4, -0.2) is 42.8 Å². The van der Waals surface area contributed by atoms with E-state index in [4.69, 9.17) is 0 Å². The molecule has 0 bridgehead atoms. The van der Waals surface area contributed by atoms with Gasteiger partial charge < -0.3 is 5.32 Å². The van der Waals surface area contributed by atoms with Gasteiger partial charge in [0, 0.05) is 12.6 Å². The number of nitrogens with one attached hydrogen (secondary N) is 1. The van der Waals surface area contributed by atoms with Crippen LogP contribution < -0.4 is 5.32 Å². The fraction of sp³-hybridized carbons (Fsp3) is 0.467. The molecule has 2 rings (SSSR count). The molecule has 1 aliphatic heterocycles. The standard InChI is InChI=1S/C15H19FN2O2/c1-17-15(20)13-7-2-3-8-18(13)10-14(19)11-5-4-6-12(16)9-11/h4-6,9,13H,2-3,7-8,10H2,1H3,(H,17,20). The molecule has 1 aromatic rings. The van der Waals surface area contributed by atoms with Crippen molar-refractivity contribution in [3.8, 4) is 0 Å². The van der Waals surface area contributed by atoms with Gasteiger partial charge in [-0.05, 0) is 31.5 Å². The normalized spacial score (nSPS) is 19.6. The van der Waals surface area contributed by atoms with Crippen LogP contribution in [0.1, 0.15) is 29.6 Å². The largest absolute Gasteiger partial charge is 0.358 e. The highest BCUT2D eigenvalue weighted by atomic mass is 19.1. The number of nitrogens with zero attached hydrogens (tertiary/aromatic N) is 1. The molecule has 0 radical (unpaired) electrons. The zero-order valence-corrected chi connectivity index (χ0v) is 11.6. The lowest BCUT2D eigenvalue weighted by molar-refractivity contribution is -0.126. The Morgan fingerprint density at radius 1 is 1.40 bits per heavy atom. The first-order valence-electron chi connectivity index (χ1n) is 6.86. The molecule has 1 heterocycles. The van der Waals surface area contributed by atoms with Gasteiger partial charge in [0.1, 0.15) is 5.82 Å². The average molecular weight is 278 g/mol. The maximum Gasteiger partial charge on any atom is 0.237 e. The first kappa shape index (κ1) is 14.7. The molecule has 0 saturated carbocycles. The van der Waals surface area contributed by atoms with Crippen molar-refractivity contribution < 1.29 is 14.0 Å². The van der Waals surface area contributed by atoms with E-state index in [1.54, 1.807) is 13.1 Å². The number of hydrogen-bond donors (Lipinski definition) is 1. The molecule has 5 heteroatoms. The fourth-order valence-electron chi connectivity index (χ4n) is 2.58. The van der Waals surface area contributed by atoms with E-state index in [1.165, 1.54) is 18.2 Å². The second-order valence-corrected chi connectivity index (χ2v) is 5.03. The van der Waals surface area contributed by atoms with Gasteiger partial charge in [0.2, 0.25) is 5.91 Å². The van der Waals surface area contributed by atoms with Crippen LogP contribution >= 0.6 is 0 Å². The Morgan fingerprint density at radius 3 is 2.90 bits per heavy atom. The van der Waals surface area contributed by atoms with Gasteiger partial charge in [-0.15, -0.1) is 0 Å². The first-order chi connectivity index (χ1) is 9.61. The van der Waals surface area contributed by atoms with Crippen molar-refractivity contribution in [2.24, 2.45) is 0 Å². The number of Topliss-reactive ketones (excluding diaryl/α,β-unsaturated/α-hetero) is 1. The molecule has 108 valence electrons. The number of carbonyl (C=O) groups excluding carboxylic acids is 2. The van der Waals surface area contributed by atoms with Crippen molar-refractivity contribution in [1.82, 2.24) is 10.2 Å². The van der Waals surface area contributed by atoms with Crippen molar-refractivity contribution in [1.29, 1.82) is 0 Å². The Bertz CT molecular complexity index is 504. The first-order valence-corrected chi connectivity index (χ1v) is 6.86. The molecule has 1 aliphatic rings. The molecule has 1 aromatic carbocycles. The molecule has 1 N–H and O–H groups in total. The third kappa shape index (κ3) is 3.42. The van der Waals surface area contributed by atoms with E-state index >= 15 is 0 Å². The Labute approximate surface area is 118 Å². The molecule has 0 spiro atoms. The number of halogens is 1. The second kappa shape index (κ2) is 6.61. The molecule has 0 aromatic heterocycles. The summed E-state index contributed by atoms with van der Waals surface area (Å²) >= 11 is 0. The van der Waals surface area contributed by atoms with Crippen LogP contribution in [0.4, 0.5) is 4.39 Å². The molecular weight excluding hydrogens is 259 g/mol. The Balaban J connectivity index is 2.07. The topological polar surface area (TPSA) is 49.4 Å². The molecule has 20 heavy (non-hydrogen) atoms. The van der Waals surface area contributed by atoms with E-state index in [2.05, 4.69) is 5.32 Å². The highest BCUT2D eigenvalue weighted by Crippen LogP contribution is 2.18. The zero-order valence-electron chi connectivity index (χ0n) is 11.6. The van der Waals surface area contributed by atoms with Crippen LogP contribution in [0.3, 0.4) is 0 Å². The minimum Gasteiger partial charge on any atom is -0.358 e. The average Bonchev–Trinajstić information content (AvgIpc) is 2.47. The second-order valence-electron chi connectivity index (χ2n) is 5.03. The molecule has 1 fully saturated rings. The van der Waals surface area contributed by atoms with Gasteiger partial charge in [0.25, 0.3) is 0 Å². The maximum absolute atomic E-state index is 13.1. The van der Waals surface area contributed by atoms with Gasteiger partial charge in [-0.25, -0.2) is 4.39 Å². The smallest absolute Gasteiger partial charge is 0.237 e. The quantitative estimate of drug-likeness (QED) is 0.851. The molecule has 0 aliphatic carbocycles. The minimum atomic E-state index is -0.419. The SMILES string of the molecule is CNC(=O)C1CCCCN1CC(=O)c1cccc(F)c1. The Morgan fingerprint density at radius 2 is 2.20 bits per heavy atom. The van der Waals surface area contributed by atoms with E-state index < -0.39 is 5.82 Å². The summed E-state index contributed by atoms with van der Waals surface area (Å²) in [5.41, 5.74) is 0.353. The number of hydrogen-bond acceptors (Lipinski definition) is 3. The summed E-state index contributed by atoms with van der Waals surface area (Å²) < 4.78 is 13.1. The van der Waals surface area contributed by atoms with Crippen LogP contribution in [0, 0.1) is 5.82 Å². The summed E-state index contributed by atoms with van der Waals surface area (Å²) in [7, 11) is 1.60. The number of rotatable bonds is 4. The van der Waals surface area contributed by atoms with Crippen molar-refractivity contribution >= 4 is 11.7 Å². The summed E-state index contributed by atoms with van der Waals surface area (Å²) in [5, 5.41) is 2.63. The lowest BCUT2D eigenvalue weighted by atomic mass is 10.00. The van der Waals surface area contributed by atoms with Crippen molar-refractivity contribution in [2.75, 3.05) is 20.1 Å². The van der Waals surface area contributed by atoms with Crippen LogP contribution in [0.25, 0.3) is 0 Å². The van der Waals surface area contributed by atoms with Gasteiger partial charge in [0.15, 0.2) is 5.78 Å². The summed E-state index contributed by atoms with van der Waals surface area (Å²) in [6.45, 7) is 0.876. The van der Waals surface area contributed by atoms with Crippen LogP contribution in [0.5, 0.6) is 0 Å². The van der Waals surface area contributed by atoms with Crippen LogP contribution in [-0.2, 0) is 4.79 Å². The van der Waals surface area contributed by atoms with Gasteiger partial charge in [-0.2, -0.15) is 0 Å². The van der Waals surface area contributed by atoms with Gasteiger partial charge in [-0.3, -0.25) is 14.5 Å². The zero-order chi connectivity index (χ0) is 14.5. The van der Waals surface area contributed by atoms with Gasteiger partial charge in [0.05, 0.1) is 12.6 Å². The number of benzene rings is 1. The van der Waals surface area contributed by atoms with E-state index in [9.17, 15) is 14.0 Å². The van der Waals surface area contributed by atoms with E-state index in [-0.39, 0.29) is 24.3 Å². The summed E-state index contributed by atoms with van der Waals surface area (Å²) in [6, 6.07) is 5.41. The van der Waals surface area contributed by atoms with Crippen LogP contribution in [0.2, 0.25) is 0 Å². The molecular formula is C15H19FN2O2. The van der Waals surface area contributed by atoms with E-state index in [0.29, 0.717) is 5.56 Å². The molecule has 4 nitrogen and oxygen atoms in total. The summed E-state index contributed by atoms with van der Waals surface area (Å²) in [4.78, 5) is 25.9. The maximum atomic E-state index is 13.1. The number of carbonyl (C=O) groups is 2. The van der Waals surface area contributed by atoms with E-state index in [0.717, 1.165) is 25.8 Å². The third-order valence-corrected chi connectivity index (χ3v) is 3.66. The number of amides is 1. The highest BCUT2D eigenvalue weighted by molar-refractivity contribution is 5.98. The third-order valence-electron chi connectivity index (χ3n) is 3.66. The fourth-order valence-corrected chi connectivity index (χ4v) is 2.58. The number of likely N-dealkylation sites (N-methyl/N-ethyl adjacent to an activating group) is 1. The van der Waals surface area contributed by atoms with Crippen molar-refractivity contribution in [3.05, 3.63) is 35.6 Å². The lowest BCUT2D eigenvalue weighted by Gasteiger charge is -2.33. The predicted octanol–water partition coefficient (Wildman–Crippen LogP) is 1.61. The Hall–Kier alpha value is -1.75. The molecule has 1 unspecified atom stereocenters. The number of likely N-dealkylation sites (tertiary alicyclic amines) is 1. The summed E-state index contributed by atoms with van der Waals surface area (Å²) in [5.74, 6) is -0.630. The molecule has 1 saturated heterocycles. The molecule has 1 amide bonds. The monoisotopic (exact) mass is 278 g/mol. The lowest BCUT2D eigenvalue weighted by Crippen LogP contribution is -2.50. The van der Waals surface area contributed by atoms with E-state index in [1.807, 2.05) is 4.90 Å².